The Balaban J connectivity index is 1.92. The van der Waals surface area contributed by atoms with Gasteiger partial charge >= 0.3 is 0 Å². The highest BCUT2D eigenvalue weighted by Crippen LogP contribution is 2.28. The lowest BCUT2D eigenvalue weighted by Crippen LogP contribution is -2.39. The maximum atomic E-state index is 5.98. The standard InChI is InChI=1S/C16H22N4O/c1-12-15(19-9-7-13(17)8-10-19)11-18-20(12)14-5-3-4-6-16(14)21-2/h3-6,11,13H,7-10,17H2,1-2H3. The molecule has 21 heavy (non-hydrogen) atoms. The zero-order valence-electron chi connectivity index (χ0n) is 12.6. The Morgan fingerprint density at radius 3 is 2.62 bits per heavy atom. The molecule has 1 aromatic heterocycles. The van der Waals surface area contributed by atoms with Crippen molar-refractivity contribution in [1.82, 2.24) is 9.78 Å². The fourth-order valence-electron chi connectivity index (χ4n) is 2.90. The van der Waals surface area contributed by atoms with Gasteiger partial charge in [-0.3, -0.25) is 0 Å². The van der Waals surface area contributed by atoms with Crippen LogP contribution in [0.3, 0.4) is 0 Å². The summed E-state index contributed by atoms with van der Waals surface area (Å²) >= 11 is 0. The van der Waals surface area contributed by atoms with Crippen molar-refractivity contribution in [1.29, 1.82) is 0 Å². The van der Waals surface area contributed by atoms with Crippen molar-refractivity contribution in [2.45, 2.75) is 25.8 Å². The van der Waals surface area contributed by atoms with Gasteiger partial charge in [-0.05, 0) is 31.9 Å². The Morgan fingerprint density at radius 2 is 1.90 bits per heavy atom. The smallest absolute Gasteiger partial charge is 0.144 e. The summed E-state index contributed by atoms with van der Waals surface area (Å²) in [6, 6.07) is 8.28. The topological polar surface area (TPSA) is 56.3 Å². The van der Waals surface area contributed by atoms with Crippen LogP contribution in [0.15, 0.2) is 30.5 Å². The van der Waals surface area contributed by atoms with Gasteiger partial charge in [-0.1, -0.05) is 12.1 Å². The lowest BCUT2D eigenvalue weighted by atomic mass is 10.1. The second-order valence-electron chi connectivity index (χ2n) is 5.52. The Kier molecular flexibility index (Phi) is 3.84. The van der Waals surface area contributed by atoms with Gasteiger partial charge in [0.05, 0.1) is 24.7 Å². The van der Waals surface area contributed by atoms with Gasteiger partial charge < -0.3 is 15.4 Å². The minimum atomic E-state index is 0.339. The normalized spacial score (nSPS) is 16.2. The molecule has 0 amide bonds. The van der Waals surface area contributed by atoms with E-state index in [-0.39, 0.29) is 0 Å². The van der Waals surface area contributed by atoms with Crippen LogP contribution in [0.4, 0.5) is 5.69 Å². The predicted octanol–water partition coefficient (Wildman–Crippen LogP) is 2.12. The van der Waals surface area contributed by atoms with Crippen LogP contribution in [0, 0.1) is 6.92 Å². The number of nitrogens with two attached hydrogens (primary N) is 1. The molecule has 1 aromatic carbocycles. The van der Waals surface area contributed by atoms with Gasteiger partial charge in [0.1, 0.15) is 11.4 Å². The molecule has 0 saturated carbocycles. The van der Waals surface area contributed by atoms with Crippen LogP contribution in [-0.4, -0.2) is 36.0 Å². The summed E-state index contributed by atoms with van der Waals surface area (Å²) in [5.41, 5.74) is 9.28. The minimum absolute atomic E-state index is 0.339. The molecule has 1 fully saturated rings. The molecular formula is C16H22N4O. The highest BCUT2D eigenvalue weighted by Gasteiger charge is 2.20. The Labute approximate surface area is 125 Å². The van der Waals surface area contributed by atoms with Crippen LogP contribution in [0.5, 0.6) is 5.75 Å². The lowest BCUT2D eigenvalue weighted by molar-refractivity contribution is 0.411. The molecule has 0 atom stereocenters. The SMILES string of the molecule is COc1ccccc1-n1ncc(N2CCC(N)CC2)c1C. The van der Waals surface area contributed by atoms with Crippen LogP contribution in [0.1, 0.15) is 18.5 Å². The van der Waals surface area contributed by atoms with E-state index in [1.54, 1.807) is 7.11 Å². The van der Waals surface area contributed by atoms with E-state index in [0.29, 0.717) is 6.04 Å². The fraction of sp³-hybridized carbons (Fsp3) is 0.438. The second-order valence-corrected chi connectivity index (χ2v) is 5.52. The van der Waals surface area contributed by atoms with Crippen LogP contribution >= 0.6 is 0 Å². The third kappa shape index (κ3) is 2.61. The summed E-state index contributed by atoms with van der Waals surface area (Å²) in [5.74, 6) is 0.830. The molecule has 3 rings (SSSR count). The molecule has 0 spiro atoms. The third-order valence-electron chi connectivity index (χ3n) is 4.18. The van der Waals surface area contributed by atoms with Gasteiger partial charge in [-0.2, -0.15) is 5.10 Å². The molecule has 5 heteroatoms. The minimum Gasteiger partial charge on any atom is -0.494 e. The average molecular weight is 286 g/mol. The number of piperidine rings is 1. The maximum Gasteiger partial charge on any atom is 0.144 e. The number of aromatic nitrogens is 2. The predicted molar refractivity (Wildman–Crippen MR) is 84.3 cm³/mol. The summed E-state index contributed by atoms with van der Waals surface area (Å²) in [6.07, 6.45) is 4.02. The number of nitrogens with zero attached hydrogens (tertiary/aromatic N) is 3. The quantitative estimate of drug-likeness (QED) is 0.939. The van der Waals surface area contributed by atoms with E-state index in [1.165, 1.54) is 5.69 Å². The first-order valence-electron chi connectivity index (χ1n) is 7.39. The number of para-hydroxylation sites is 2. The first-order chi connectivity index (χ1) is 10.2. The zero-order valence-corrected chi connectivity index (χ0v) is 12.6. The molecule has 0 aliphatic carbocycles. The number of ether oxygens (including phenoxy) is 1. The summed E-state index contributed by atoms with van der Waals surface area (Å²) in [6.45, 7) is 4.10. The highest BCUT2D eigenvalue weighted by molar-refractivity contribution is 5.55. The van der Waals surface area contributed by atoms with Crippen molar-refractivity contribution in [3.63, 3.8) is 0 Å². The largest absolute Gasteiger partial charge is 0.494 e. The molecule has 2 N–H and O–H groups in total. The van der Waals surface area contributed by atoms with Crippen molar-refractivity contribution in [3.05, 3.63) is 36.2 Å². The zero-order chi connectivity index (χ0) is 14.8. The van der Waals surface area contributed by atoms with Crippen LogP contribution in [-0.2, 0) is 0 Å². The van der Waals surface area contributed by atoms with Gasteiger partial charge in [-0.25, -0.2) is 4.68 Å². The first kappa shape index (κ1) is 13.9. The average Bonchev–Trinajstić information content (AvgIpc) is 2.89. The number of methoxy groups -OCH3 is 1. The molecule has 1 aliphatic rings. The maximum absolute atomic E-state index is 5.98. The van der Waals surface area contributed by atoms with E-state index in [4.69, 9.17) is 10.5 Å². The van der Waals surface area contributed by atoms with Gasteiger partial charge in [-0.15, -0.1) is 0 Å². The van der Waals surface area contributed by atoms with Gasteiger partial charge in [0.25, 0.3) is 0 Å². The number of rotatable bonds is 3. The number of anilines is 1. The van der Waals surface area contributed by atoms with Crippen molar-refractivity contribution < 1.29 is 4.74 Å². The molecule has 1 saturated heterocycles. The Hall–Kier alpha value is -2.01. The monoisotopic (exact) mass is 286 g/mol. The van der Waals surface area contributed by atoms with Crippen molar-refractivity contribution >= 4 is 5.69 Å². The molecule has 2 heterocycles. The fourth-order valence-corrected chi connectivity index (χ4v) is 2.90. The molecule has 0 unspecified atom stereocenters. The summed E-state index contributed by atoms with van der Waals surface area (Å²) in [7, 11) is 1.69. The Bertz CT molecular complexity index is 614. The number of hydrogen-bond donors (Lipinski definition) is 1. The van der Waals surface area contributed by atoms with Crippen LogP contribution < -0.4 is 15.4 Å². The third-order valence-corrected chi connectivity index (χ3v) is 4.18. The van der Waals surface area contributed by atoms with Gasteiger partial charge in [0.15, 0.2) is 0 Å². The molecule has 0 bridgehead atoms. The van der Waals surface area contributed by atoms with Crippen molar-refractivity contribution in [2.75, 3.05) is 25.1 Å². The molecule has 0 radical (unpaired) electrons. The first-order valence-corrected chi connectivity index (χ1v) is 7.39. The Morgan fingerprint density at radius 1 is 1.19 bits per heavy atom. The molecular weight excluding hydrogens is 264 g/mol. The van der Waals surface area contributed by atoms with E-state index >= 15 is 0 Å². The van der Waals surface area contributed by atoms with Crippen LogP contribution in [0.2, 0.25) is 0 Å². The second kappa shape index (κ2) is 5.77. The van der Waals surface area contributed by atoms with E-state index < -0.39 is 0 Å². The van der Waals surface area contributed by atoms with E-state index in [0.717, 1.165) is 43.1 Å². The highest BCUT2D eigenvalue weighted by atomic mass is 16.5. The van der Waals surface area contributed by atoms with E-state index in [1.807, 2.05) is 35.1 Å². The van der Waals surface area contributed by atoms with Gasteiger partial charge in [0.2, 0.25) is 0 Å². The summed E-state index contributed by atoms with van der Waals surface area (Å²) < 4.78 is 7.38. The summed E-state index contributed by atoms with van der Waals surface area (Å²) in [5, 5.41) is 4.55. The van der Waals surface area contributed by atoms with Crippen molar-refractivity contribution in [2.24, 2.45) is 5.73 Å². The number of benzene rings is 1. The van der Waals surface area contributed by atoms with Gasteiger partial charge in [0, 0.05) is 19.1 Å². The van der Waals surface area contributed by atoms with Crippen LogP contribution in [0.25, 0.3) is 5.69 Å². The molecule has 2 aromatic rings. The molecule has 5 nitrogen and oxygen atoms in total. The molecule has 1 aliphatic heterocycles. The van der Waals surface area contributed by atoms with E-state index in [9.17, 15) is 0 Å². The summed E-state index contributed by atoms with van der Waals surface area (Å²) in [4.78, 5) is 2.37. The molecule has 112 valence electrons. The van der Waals surface area contributed by atoms with E-state index in [2.05, 4.69) is 16.9 Å². The lowest BCUT2D eigenvalue weighted by Gasteiger charge is -2.31. The number of hydrogen-bond acceptors (Lipinski definition) is 4. The van der Waals surface area contributed by atoms with Crippen molar-refractivity contribution in [3.8, 4) is 11.4 Å².